The van der Waals surface area contributed by atoms with E-state index in [1.807, 2.05) is 0 Å². The van der Waals surface area contributed by atoms with Crippen molar-refractivity contribution in [2.45, 2.75) is 0 Å². The van der Waals surface area contributed by atoms with Gasteiger partial charge in [0, 0.05) is 11.5 Å². The number of hydrogen-bond donors (Lipinski definition) is 1. The number of halogens is 1. The lowest BCUT2D eigenvalue weighted by atomic mass is 10.2. The number of hydrogen-bond acceptors (Lipinski definition) is 2. The van der Waals surface area contributed by atoms with Crippen molar-refractivity contribution < 1.29 is 9.18 Å². The lowest BCUT2D eigenvalue weighted by molar-refractivity contribution is 0.111. The minimum Gasteiger partial charge on any atom is -0.352 e. The molecule has 0 aliphatic heterocycles. The van der Waals surface area contributed by atoms with E-state index in [1.54, 1.807) is 0 Å². The molecule has 2 rings (SSSR count). The van der Waals surface area contributed by atoms with Crippen molar-refractivity contribution >= 4 is 17.2 Å². The minimum absolute atomic E-state index is 0.146. The van der Waals surface area contributed by atoms with Crippen molar-refractivity contribution in [3.8, 4) is 0 Å². The predicted molar refractivity (Wildman–Crippen MR) is 49.9 cm³/mol. The number of aldehydes is 1. The van der Waals surface area contributed by atoms with Gasteiger partial charge in [-0.25, -0.2) is 4.39 Å². The molecule has 1 aromatic carbocycles. The number of fused-ring (bicyclic) bond motifs is 1. The van der Waals surface area contributed by atoms with E-state index in [1.165, 1.54) is 24.3 Å². The molecule has 0 unspecified atom stereocenters. The van der Waals surface area contributed by atoms with Gasteiger partial charge in [-0.05, 0) is 18.2 Å². The van der Waals surface area contributed by atoms with Gasteiger partial charge >= 0.3 is 0 Å². The highest BCUT2D eigenvalue weighted by Gasteiger charge is 2.01. The summed E-state index contributed by atoms with van der Waals surface area (Å²) in [7, 11) is 0. The molecule has 0 saturated carbocycles. The maximum atomic E-state index is 12.8. The fourth-order valence-electron chi connectivity index (χ4n) is 1.31. The Hall–Kier alpha value is -1.97. The Labute approximate surface area is 78.2 Å². The molecule has 0 atom stereocenters. The van der Waals surface area contributed by atoms with Gasteiger partial charge in [0.1, 0.15) is 5.82 Å². The number of rotatable bonds is 1. The molecule has 2 aromatic rings. The summed E-state index contributed by atoms with van der Waals surface area (Å²) in [6, 6.07) is 4.97. The van der Waals surface area contributed by atoms with Crippen LogP contribution in [-0.4, -0.2) is 11.3 Å². The van der Waals surface area contributed by atoms with Gasteiger partial charge in [0.15, 0.2) is 11.7 Å². The van der Waals surface area contributed by atoms with Gasteiger partial charge in [-0.3, -0.25) is 9.59 Å². The summed E-state index contributed by atoms with van der Waals surface area (Å²) in [6.07, 6.45) is 0.520. The highest BCUT2D eigenvalue weighted by atomic mass is 19.1. The minimum atomic E-state index is -0.448. The van der Waals surface area contributed by atoms with Crippen LogP contribution in [0, 0.1) is 5.82 Å². The van der Waals surface area contributed by atoms with Crippen LogP contribution in [0.2, 0.25) is 0 Å². The zero-order chi connectivity index (χ0) is 10.1. The van der Waals surface area contributed by atoms with Crippen LogP contribution in [0.1, 0.15) is 10.5 Å². The Bertz CT molecular complexity index is 560. The van der Waals surface area contributed by atoms with Crippen LogP contribution in [0.15, 0.2) is 29.1 Å². The van der Waals surface area contributed by atoms with E-state index < -0.39 is 5.82 Å². The van der Waals surface area contributed by atoms with E-state index in [0.717, 1.165) is 0 Å². The van der Waals surface area contributed by atoms with E-state index >= 15 is 0 Å². The largest absolute Gasteiger partial charge is 0.352 e. The molecular formula is C10H6FNO2. The van der Waals surface area contributed by atoms with Crippen LogP contribution < -0.4 is 5.43 Å². The normalized spacial score (nSPS) is 10.4. The first-order chi connectivity index (χ1) is 6.70. The van der Waals surface area contributed by atoms with Gasteiger partial charge in [0.25, 0.3) is 0 Å². The third kappa shape index (κ3) is 1.31. The van der Waals surface area contributed by atoms with Gasteiger partial charge < -0.3 is 4.98 Å². The number of pyridine rings is 1. The van der Waals surface area contributed by atoms with Crippen molar-refractivity contribution in [1.82, 2.24) is 4.98 Å². The second-order valence-electron chi connectivity index (χ2n) is 2.90. The fraction of sp³-hybridized carbons (Fsp3) is 0. The Morgan fingerprint density at radius 3 is 2.79 bits per heavy atom. The molecule has 1 N–H and O–H groups in total. The lowest BCUT2D eigenvalue weighted by Crippen LogP contribution is -2.04. The molecule has 0 spiro atoms. The smallest absolute Gasteiger partial charge is 0.190 e. The molecule has 3 nitrogen and oxygen atoms in total. The Kier molecular flexibility index (Phi) is 1.89. The number of benzene rings is 1. The Balaban J connectivity index is 2.90. The molecule has 0 fully saturated rings. The predicted octanol–water partition coefficient (Wildman–Crippen LogP) is 1.48. The van der Waals surface area contributed by atoms with Crippen LogP contribution in [0.4, 0.5) is 4.39 Å². The van der Waals surface area contributed by atoms with Crippen LogP contribution >= 0.6 is 0 Å². The molecule has 0 amide bonds. The number of carbonyl (C=O) groups excluding carboxylic acids is 1. The molecule has 1 aromatic heterocycles. The van der Waals surface area contributed by atoms with Crippen LogP contribution in [0.25, 0.3) is 10.9 Å². The monoisotopic (exact) mass is 191 g/mol. The first kappa shape index (κ1) is 8.62. The van der Waals surface area contributed by atoms with Gasteiger partial charge in [-0.1, -0.05) is 0 Å². The standard InChI is InChI=1S/C10H6FNO2/c11-6-1-2-8-9(3-6)12-7(5-13)4-10(8)14/h1-5H,(H,12,14). The summed E-state index contributed by atoms with van der Waals surface area (Å²) < 4.78 is 12.8. The Morgan fingerprint density at radius 2 is 2.07 bits per heavy atom. The average molecular weight is 191 g/mol. The number of aromatic nitrogens is 1. The summed E-state index contributed by atoms with van der Waals surface area (Å²) in [6.45, 7) is 0. The Morgan fingerprint density at radius 1 is 1.29 bits per heavy atom. The number of H-pyrrole nitrogens is 1. The molecule has 0 radical (unpaired) electrons. The second kappa shape index (κ2) is 3.06. The summed E-state index contributed by atoms with van der Waals surface area (Å²) in [5.41, 5.74) is 0.188. The SMILES string of the molecule is O=Cc1cc(=O)c2ccc(F)cc2[nH]1. The molecule has 0 saturated heterocycles. The molecule has 1 heterocycles. The maximum absolute atomic E-state index is 12.8. The van der Waals surface area contributed by atoms with Gasteiger partial charge in [0.05, 0.1) is 11.2 Å². The quantitative estimate of drug-likeness (QED) is 0.694. The van der Waals surface area contributed by atoms with Crippen LogP contribution in [-0.2, 0) is 0 Å². The first-order valence-electron chi connectivity index (χ1n) is 3.98. The molecule has 0 aliphatic carbocycles. The first-order valence-corrected chi connectivity index (χ1v) is 3.98. The summed E-state index contributed by atoms with van der Waals surface area (Å²) in [4.78, 5) is 24.4. The highest BCUT2D eigenvalue weighted by Crippen LogP contribution is 2.09. The lowest BCUT2D eigenvalue weighted by Gasteiger charge is -1.98. The second-order valence-corrected chi connectivity index (χ2v) is 2.90. The van der Waals surface area contributed by atoms with Crippen molar-refractivity contribution in [2.24, 2.45) is 0 Å². The molecule has 4 heteroatoms. The van der Waals surface area contributed by atoms with E-state index in [2.05, 4.69) is 4.98 Å². The number of aromatic amines is 1. The summed E-state index contributed by atoms with van der Waals surface area (Å²) in [5, 5.41) is 0.372. The summed E-state index contributed by atoms with van der Waals surface area (Å²) >= 11 is 0. The number of carbonyl (C=O) groups is 1. The van der Waals surface area contributed by atoms with Crippen LogP contribution in [0.5, 0.6) is 0 Å². The molecule has 0 aliphatic rings. The fourth-order valence-corrected chi connectivity index (χ4v) is 1.31. The zero-order valence-corrected chi connectivity index (χ0v) is 7.08. The maximum Gasteiger partial charge on any atom is 0.190 e. The molecule has 14 heavy (non-hydrogen) atoms. The van der Waals surface area contributed by atoms with Gasteiger partial charge in [0.2, 0.25) is 0 Å². The van der Waals surface area contributed by atoms with Crippen molar-refractivity contribution in [2.75, 3.05) is 0 Å². The van der Waals surface area contributed by atoms with E-state index in [-0.39, 0.29) is 11.1 Å². The average Bonchev–Trinajstić information content (AvgIpc) is 2.16. The van der Waals surface area contributed by atoms with E-state index in [4.69, 9.17) is 0 Å². The van der Waals surface area contributed by atoms with Gasteiger partial charge in [-0.2, -0.15) is 0 Å². The van der Waals surface area contributed by atoms with Crippen molar-refractivity contribution in [3.05, 3.63) is 46.0 Å². The van der Waals surface area contributed by atoms with Crippen molar-refractivity contribution in [1.29, 1.82) is 0 Å². The van der Waals surface area contributed by atoms with Gasteiger partial charge in [-0.15, -0.1) is 0 Å². The highest BCUT2D eigenvalue weighted by molar-refractivity contribution is 5.83. The summed E-state index contributed by atoms with van der Waals surface area (Å²) in [5.74, 6) is -0.448. The van der Waals surface area contributed by atoms with Crippen LogP contribution in [0.3, 0.4) is 0 Å². The zero-order valence-electron chi connectivity index (χ0n) is 7.08. The topological polar surface area (TPSA) is 49.9 Å². The number of nitrogens with one attached hydrogen (secondary N) is 1. The third-order valence-electron chi connectivity index (χ3n) is 1.94. The van der Waals surface area contributed by atoms with E-state index in [9.17, 15) is 14.0 Å². The van der Waals surface area contributed by atoms with Crippen molar-refractivity contribution in [3.63, 3.8) is 0 Å². The molecular weight excluding hydrogens is 185 g/mol. The third-order valence-corrected chi connectivity index (χ3v) is 1.94. The van der Waals surface area contributed by atoms with E-state index in [0.29, 0.717) is 17.2 Å². The molecule has 70 valence electrons. The molecule has 0 bridgehead atoms.